The zero-order chi connectivity index (χ0) is 12.3. The Labute approximate surface area is 105 Å². The highest BCUT2D eigenvalue weighted by Crippen LogP contribution is 2.08. The standard InChI is InChI=1S/C13H28N2O2/c1-17-11-9-15(8-3-2-4-10-16)12-13-6-5-7-14-13/h13-14,16H,2-12H2,1H3. The van der Waals surface area contributed by atoms with Crippen molar-refractivity contribution in [1.29, 1.82) is 0 Å². The first kappa shape index (κ1) is 14.9. The molecule has 0 radical (unpaired) electrons. The van der Waals surface area contributed by atoms with E-state index in [0.29, 0.717) is 12.6 Å². The Morgan fingerprint density at radius 1 is 1.29 bits per heavy atom. The van der Waals surface area contributed by atoms with E-state index in [4.69, 9.17) is 9.84 Å². The minimum Gasteiger partial charge on any atom is -0.396 e. The zero-order valence-electron chi connectivity index (χ0n) is 11.2. The van der Waals surface area contributed by atoms with Crippen molar-refractivity contribution in [1.82, 2.24) is 10.2 Å². The van der Waals surface area contributed by atoms with Crippen molar-refractivity contribution >= 4 is 0 Å². The lowest BCUT2D eigenvalue weighted by atomic mass is 10.2. The largest absolute Gasteiger partial charge is 0.396 e. The molecule has 1 fully saturated rings. The molecule has 4 heteroatoms. The molecule has 1 unspecified atom stereocenters. The number of ether oxygens (including phenoxy) is 1. The summed E-state index contributed by atoms with van der Waals surface area (Å²) in [5, 5.41) is 12.3. The third-order valence-electron chi connectivity index (χ3n) is 3.39. The molecule has 0 saturated carbocycles. The van der Waals surface area contributed by atoms with Crippen LogP contribution in [0.4, 0.5) is 0 Å². The highest BCUT2D eigenvalue weighted by atomic mass is 16.5. The highest BCUT2D eigenvalue weighted by Gasteiger charge is 2.17. The molecule has 1 heterocycles. The fourth-order valence-electron chi connectivity index (χ4n) is 2.36. The molecule has 1 saturated heterocycles. The summed E-state index contributed by atoms with van der Waals surface area (Å²) >= 11 is 0. The summed E-state index contributed by atoms with van der Waals surface area (Å²) in [6, 6.07) is 0.671. The molecule has 1 aliphatic rings. The minimum absolute atomic E-state index is 0.322. The van der Waals surface area contributed by atoms with Crippen LogP contribution >= 0.6 is 0 Å². The second-order valence-corrected chi connectivity index (χ2v) is 4.87. The smallest absolute Gasteiger partial charge is 0.0589 e. The van der Waals surface area contributed by atoms with Gasteiger partial charge in [-0.2, -0.15) is 0 Å². The van der Waals surface area contributed by atoms with Crippen LogP contribution in [0.5, 0.6) is 0 Å². The molecule has 0 aromatic carbocycles. The molecule has 0 aromatic heterocycles. The first-order chi connectivity index (χ1) is 8.36. The molecule has 0 spiro atoms. The van der Waals surface area contributed by atoms with Gasteiger partial charge in [-0.05, 0) is 45.2 Å². The lowest BCUT2D eigenvalue weighted by Gasteiger charge is -2.25. The molecule has 102 valence electrons. The SMILES string of the molecule is COCCN(CCCCCO)CC1CCCN1. The third kappa shape index (κ3) is 6.99. The summed E-state index contributed by atoms with van der Waals surface area (Å²) in [4.78, 5) is 2.49. The lowest BCUT2D eigenvalue weighted by molar-refractivity contribution is 0.140. The van der Waals surface area contributed by atoms with E-state index in [1.54, 1.807) is 7.11 Å². The summed E-state index contributed by atoms with van der Waals surface area (Å²) in [5.41, 5.74) is 0. The van der Waals surface area contributed by atoms with E-state index in [2.05, 4.69) is 10.2 Å². The van der Waals surface area contributed by atoms with Gasteiger partial charge in [0.25, 0.3) is 0 Å². The van der Waals surface area contributed by atoms with E-state index in [0.717, 1.165) is 39.1 Å². The van der Waals surface area contributed by atoms with Gasteiger partial charge in [0.15, 0.2) is 0 Å². The summed E-state index contributed by atoms with van der Waals surface area (Å²) < 4.78 is 5.16. The second-order valence-electron chi connectivity index (χ2n) is 4.87. The molecule has 0 aliphatic carbocycles. The number of hydrogen-bond acceptors (Lipinski definition) is 4. The monoisotopic (exact) mass is 244 g/mol. The van der Waals surface area contributed by atoms with E-state index < -0.39 is 0 Å². The molecule has 2 N–H and O–H groups in total. The normalized spacial score (nSPS) is 20.3. The average molecular weight is 244 g/mol. The van der Waals surface area contributed by atoms with Crippen LogP contribution in [0.2, 0.25) is 0 Å². The summed E-state index contributed by atoms with van der Waals surface area (Å²) in [7, 11) is 1.76. The number of nitrogens with zero attached hydrogens (tertiary/aromatic N) is 1. The van der Waals surface area contributed by atoms with Crippen LogP contribution in [0.25, 0.3) is 0 Å². The summed E-state index contributed by atoms with van der Waals surface area (Å²) in [6.45, 7) is 5.60. The van der Waals surface area contributed by atoms with Crippen LogP contribution in [-0.2, 0) is 4.74 Å². The number of aliphatic hydroxyl groups is 1. The van der Waals surface area contributed by atoms with Gasteiger partial charge in [0.1, 0.15) is 0 Å². The third-order valence-corrected chi connectivity index (χ3v) is 3.39. The fourth-order valence-corrected chi connectivity index (χ4v) is 2.36. The van der Waals surface area contributed by atoms with Gasteiger partial charge in [0.05, 0.1) is 6.61 Å². The van der Waals surface area contributed by atoms with E-state index in [-0.39, 0.29) is 0 Å². The maximum Gasteiger partial charge on any atom is 0.0589 e. The van der Waals surface area contributed by atoms with Gasteiger partial charge < -0.3 is 15.2 Å². The number of rotatable bonds is 10. The Morgan fingerprint density at radius 3 is 2.82 bits per heavy atom. The quantitative estimate of drug-likeness (QED) is 0.559. The van der Waals surface area contributed by atoms with Crippen molar-refractivity contribution in [3.05, 3.63) is 0 Å². The van der Waals surface area contributed by atoms with Crippen LogP contribution in [0.15, 0.2) is 0 Å². The van der Waals surface area contributed by atoms with Crippen LogP contribution in [0, 0.1) is 0 Å². The molecule has 1 atom stereocenters. The molecule has 0 aromatic rings. The number of nitrogens with one attached hydrogen (secondary N) is 1. The van der Waals surface area contributed by atoms with Crippen molar-refractivity contribution < 1.29 is 9.84 Å². The first-order valence-corrected chi connectivity index (χ1v) is 6.92. The highest BCUT2D eigenvalue weighted by molar-refractivity contribution is 4.77. The minimum atomic E-state index is 0.322. The molecule has 0 bridgehead atoms. The molecule has 17 heavy (non-hydrogen) atoms. The fraction of sp³-hybridized carbons (Fsp3) is 1.00. The van der Waals surface area contributed by atoms with E-state index in [1.165, 1.54) is 25.8 Å². The number of hydrogen-bond donors (Lipinski definition) is 2. The summed E-state index contributed by atoms with van der Waals surface area (Å²) in [6.07, 6.45) is 5.85. The average Bonchev–Trinajstić information content (AvgIpc) is 2.84. The Hall–Kier alpha value is -0.160. The van der Waals surface area contributed by atoms with Gasteiger partial charge in [0.2, 0.25) is 0 Å². The topological polar surface area (TPSA) is 44.7 Å². The van der Waals surface area contributed by atoms with Gasteiger partial charge in [-0.1, -0.05) is 0 Å². The zero-order valence-corrected chi connectivity index (χ0v) is 11.2. The number of aliphatic hydroxyl groups excluding tert-OH is 1. The van der Waals surface area contributed by atoms with Crippen LogP contribution < -0.4 is 5.32 Å². The molecule has 0 amide bonds. The number of unbranched alkanes of at least 4 members (excludes halogenated alkanes) is 2. The van der Waals surface area contributed by atoms with Gasteiger partial charge in [-0.25, -0.2) is 0 Å². The Balaban J connectivity index is 2.16. The molecule has 4 nitrogen and oxygen atoms in total. The maximum atomic E-state index is 8.76. The predicted molar refractivity (Wildman–Crippen MR) is 70.3 cm³/mol. The van der Waals surface area contributed by atoms with Crippen molar-refractivity contribution in [2.75, 3.05) is 46.5 Å². The van der Waals surface area contributed by atoms with Crippen molar-refractivity contribution in [3.63, 3.8) is 0 Å². The molecule has 1 aliphatic heterocycles. The second kappa shape index (κ2) is 9.83. The Kier molecular flexibility index (Phi) is 8.61. The van der Waals surface area contributed by atoms with E-state index in [9.17, 15) is 0 Å². The van der Waals surface area contributed by atoms with Crippen molar-refractivity contribution in [2.45, 2.75) is 38.1 Å². The Morgan fingerprint density at radius 2 is 2.18 bits per heavy atom. The number of methoxy groups -OCH3 is 1. The van der Waals surface area contributed by atoms with Crippen molar-refractivity contribution in [3.8, 4) is 0 Å². The van der Waals surface area contributed by atoms with Gasteiger partial charge in [0, 0.05) is 32.8 Å². The van der Waals surface area contributed by atoms with Crippen LogP contribution in [0.1, 0.15) is 32.1 Å². The van der Waals surface area contributed by atoms with Crippen molar-refractivity contribution in [2.24, 2.45) is 0 Å². The Bertz CT molecular complexity index is 173. The van der Waals surface area contributed by atoms with Gasteiger partial charge in [-0.15, -0.1) is 0 Å². The summed E-state index contributed by atoms with van der Waals surface area (Å²) in [5.74, 6) is 0. The molecule has 1 rings (SSSR count). The molecular formula is C13H28N2O2. The molecular weight excluding hydrogens is 216 g/mol. The van der Waals surface area contributed by atoms with Crippen LogP contribution in [0.3, 0.4) is 0 Å². The van der Waals surface area contributed by atoms with E-state index in [1.807, 2.05) is 0 Å². The van der Waals surface area contributed by atoms with E-state index >= 15 is 0 Å². The van der Waals surface area contributed by atoms with Gasteiger partial charge >= 0.3 is 0 Å². The predicted octanol–water partition coefficient (Wildman–Crippen LogP) is 0.849. The van der Waals surface area contributed by atoms with Gasteiger partial charge in [-0.3, -0.25) is 4.90 Å². The maximum absolute atomic E-state index is 8.76. The van der Waals surface area contributed by atoms with Crippen LogP contribution in [-0.4, -0.2) is 62.6 Å². The lowest BCUT2D eigenvalue weighted by Crippen LogP contribution is -2.39. The first-order valence-electron chi connectivity index (χ1n) is 6.92.